The van der Waals surface area contributed by atoms with E-state index in [1.165, 1.54) is 32.1 Å². The maximum Gasteiger partial charge on any atom is 0.330 e. The molecule has 4 saturated carbocycles. The van der Waals surface area contributed by atoms with Crippen LogP contribution in [0.4, 0.5) is 0 Å². The fourth-order valence-corrected chi connectivity index (χ4v) is 6.96. The maximum atomic E-state index is 11.8. The van der Waals surface area contributed by atoms with E-state index >= 15 is 0 Å². The van der Waals surface area contributed by atoms with Crippen molar-refractivity contribution in [2.24, 2.45) is 40.9 Å². The third-order valence-corrected chi connectivity index (χ3v) is 7.25. The van der Waals surface area contributed by atoms with Gasteiger partial charge in [-0.3, -0.25) is 0 Å². The van der Waals surface area contributed by atoms with Crippen LogP contribution in [0.15, 0.2) is 12.2 Å². The van der Waals surface area contributed by atoms with E-state index in [0.717, 1.165) is 35.5 Å². The molecule has 0 spiro atoms. The molecule has 0 N–H and O–H groups in total. The van der Waals surface area contributed by atoms with E-state index in [-0.39, 0.29) is 5.97 Å². The van der Waals surface area contributed by atoms with Gasteiger partial charge in [0.25, 0.3) is 0 Å². The Kier molecular flexibility index (Phi) is 2.81. The number of hydrogen-bond donors (Lipinski definition) is 0. The van der Waals surface area contributed by atoms with Gasteiger partial charge in [-0.15, -0.1) is 0 Å². The van der Waals surface area contributed by atoms with E-state index < -0.39 is 0 Å². The predicted molar refractivity (Wildman–Crippen MR) is 77.9 cm³/mol. The van der Waals surface area contributed by atoms with Gasteiger partial charge in [0.05, 0.1) is 6.61 Å². The van der Waals surface area contributed by atoms with Crippen LogP contribution in [-0.4, -0.2) is 12.6 Å². The van der Waals surface area contributed by atoms with Crippen LogP contribution in [0.25, 0.3) is 0 Å². The number of rotatable bonds is 3. The number of allylic oxidation sites excluding steroid dienone is 1. The first-order chi connectivity index (χ1) is 9.66. The predicted octanol–water partition coefficient (Wildman–Crippen LogP) is 3.81. The third kappa shape index (κ3) is 1.48. The Labute approximate surface area is 122 Å². The van der Waals surface area contributed by atoms with E-state index in [9.17, 15) is 4.79 Å². The summed E-state index contributed by atoms with van der Waals surface area (Å²) in [5, 5.41) is 0. The summed E-state index contributed by atoms with van der Waals surface area (Å²) in [5.74, 6) is 5.13. The van der Waals surface area contributed by atoms with Crippen LogP contribution >= 0.6 is 0 Å². The first-order valence-corrected chi connectivity index (χ1v) is 8.46. The Hall–Kier alpha value is -0.790. The van der Waals surface area contributed by atoms with Gasteiger partial charge in [-0.1, -0.05) is 13.0 Å². The number of hydrogen-bond acceptors (Lipinski definition) is 2. The van der Waals surface area contributed by atoms with Gasteiger partial charge < -0.3 is 4.74 Å². The lowest BCUT2D eigenvalue weighted by molar-refractivity contribution is -0.148. The van der Waals surface area contributed by atoms with Gasteiger partial charge in [0.15, 0.2) is 0 Å². The zero-order chi connectivity index (χ0) is 13.9. The number of fused-ring (bicyclic) bond motifs is 9. The maximum absolute atomic E-state index is 11.8. The van der Waals surface area contributed by atoms with Gasteiger partial charge in [-0.25, -0.2) is 4.79 Å². The van der Waals surface area contributed by atoms with Crippen LogP contribution in [0.1, 0.15) is 46.0 Å². The van der Waals surface area contributed by atoms with Crippen LogP contribution < -0.4 is 0 Å². The molecule has 0 aromatic heterocycles. The second-order valence-electron chi connectivity index (χ2n) is 7.83. The van der Waals surface area contributed by atoms with E-state index in [0.29, 0.717) is 12.0 Å². The van der Waals surface area contributed by atoms with Gasteiger partial charge in [-0.2, -0.15) is 0 Å². The van der Waals surface area contributed by atoms with Crippen molar-refractivity contribution in [3.8, 4) is 0 Å². The van der Waals surface area contributed by atoms with Gasteiger partial charge in [-0.05, 0) is 74.5 Å². The molecule has 4 rings (SSSR count). The minimum absolute atomic E-state index is 0.140. The molecule has 7 atom stereocenters. The molecule has 110 valence electrons. The Morgan fingerprint density at radius 3 is 2.90 bits per heavy atom. The summed E-state index contributed by atoms with van der Waals surface area (Å²) >= 11 is 0. The van der Waals surface area contributed by atoms with Gasteiger partial charge in [0, 0.05) is 11.5 Å². The lowest BCUT2D eigenvalue weighted by Crippen LogP contribution is -2.47. The minimum atomic E-state index is -0.140. The van der Waals surface area contributed by atoms with Crippen LogP contribution in [0, 0.1) is 40.9 Å². The van der Waals surface area contributed by atoms with E-state index in [4.69, 9.17) is 4.74 Å². The van der Waals surface area contributed by atoms with Crippen molar-refractivity contribution >= 4 is 5.97 Å². The lowest BCUT2D eigenvalue weighted by atomic mass is 9.57. The number of carbonyl (C=O) groups excluding carboxylic acids is 1. The summed E-state index contributed by atoms with van der Waals surface area (Å²) in [6, 6.07) is 0. The number of ether oxygens (including phenoxy) is 1. The second kappa shape index (κ2) is 4.35. The molecule has 0 radical (unpaired) electrons. The van der Waals surface area contributed by atoms with Crippen molar-refractivity contribution in [1.29, 1.82) is 0 Å². The third-order valence-electron chi connectivity index (χ3n) is 7.25. The zero-order valence-corrected chi connectivity index (χ0v) is 12.7. The molecule has 0 saturated heterocycles. The number of carbonyl (C=O) groups is 1. The normalized spacial score (nSPS) is 51.9. The average molecular weight is 274 g/mol. The molecule has 7 unspecified atom stereocenters. The molecule has 4 bridgehead atoms. The molecule has 0 heterocycles. The summed E-state index contributed by atoms with van der Waals surface area (Å²) < 4.78 is 5.70. The molecule has 0 aromatic rings. The topological polar surface area (TPSA) is 26.3 Å². The first-order valence-electron chi connectivity index (χ1n) is 8.46. The Morgan fingerprint density at radius 1 is 1.25 bits per heavy atom. The van der Waals surface area contributed by atoms with E-state index in [1.54, 1.807) is 12.2 Å². The molecule has 20 heavy (non-hydrogen) atoms. The molecular weight excluding hydrogens is 248 g/mol. The van der Waals surface area contributed by atoms with Crippen LogP contribution in [0.2, 0.25) is 0 Å². The highest BCUT2D eigenvalue weighted by Crippen LogP contribution is 2.75. The second-order valence-corrected chi connectivity index (χ2v) is 7.83. The molecule has 0 aromatic carbocycles. The molecule has 0 amide bonds. The SMILES string of the molecule is CC=CC(=O)OCC12C3CCC(C3)C1C1CC(C)C2C1. The van der Waals surface area contributed by atoms with Gasteiger partial charge in [0.1, 0.15) is 0 Å². The summed E-state index contributed by atoms with van der Waals surface area (Å²) in [4.78, 5) is 11.8. The van der Waals surface area contributed by atoms with Crippen LogP contribution in [-0.2, 0) is 9.53 Å². The van der Waals surface area contributed by atoms with Crippen molar-refractivity contribution in [1.82, 2.24) is 0 Å². The largest absolute Gasteiger partial charge is 0.462 e. The molecule has 4 fully saturated rings. The molecule has 4 aliphatic carbocycles. The van der Waals surface area contributed by atoms with Crippen molar-refractivity contribution < 1.29 is 9.53 Å². The van der Waals surface area contributed by atoms with Crippen molar-refractivity contribution in [2.75, 3.05) is 6.61 Å². The summed E-state index contributed by atoms with van der Waals surface area (Å²) in [6.45, 7) is 5.01. The molecule has 2 nitrogen and oxygen atoms in total. The van der Waals surface area contributed by atoms with Crippen molar-refractivity contribution in [3.63, 3.8) is 0 Å². The van der Waals surface area contributed by atoms with Crippen molar-refractivity contribution in [2.45, 2.75) is 46.0 Å². The van der Waals surface area contributed by atoms with E-state index in [1.807, 2.05) is 6.92 Å². The average Bonchev–Trinajstić information content (AvgIpc) is 3.13. The minimum Gasteiger partial charge on any atom is -0.462 e. The highest BCUT2D eigenvalue weighted by molar-refractivity contribution is 5.81. The summed E-state index contributed by atoms with van der Waals surface area (Å²) in [7, 11) is 0. The zero-order valence-electron chi connectivity index (χ0n) is 12.7. The molecule has 4 aliphatic rings. The van der Waals surface area contributed by atoms with Crippen LogP contribution in [0.3, 0.4) is 0 Å². The first kappa shape index (κ1) is 12.9. The fourth-order valence-electron chi connectivity index (χ4n) is 6.96. The fraction of sp³-hybridized carbons (Fsp3) is 0.833. The molecular formula is C18H26O2. The van der Waals surface area contributed by atoms with E-state index in [2.05, 4.69) is 6.92 Å². The molecule has 0 aliphatic heterocycles. The highest BCUT2D eigenvalue weighted by atomic mass is 16.5. The number of esters is 1. The molecule has 2 heteroatoms. The van der Waals surface area contributed by atoms with Gasteiger partial charge >= 0.3 is 5.97 Å². The van der Waals surface area contributed by atoms with Gasteiger partial charge in [0.2, 0.25) is 0 Å². The van der Waals surface area contributed by atoms with Crippen molar-refractivity contribution in [3.05, 3.63) is 12.2 Å². The summed E-state index contributed by atoms with van der Waals surface area (Å²) in [6.07, 6.45) is 10.4. The Balaban J connectivity index is 1.61. The Morgan fingerprint density at radius 2 is 2.10 bits per heavy atom. The quantitative estimate of drug-likeness (QED) is 0.444. The van der Waals surface area contributed by atoms with Crippen LogP contribution in [0.5, 0.6) is 0 Å². The lowest BCUT2D eigenvalue weighted by Gasteiger charge is -2.48. The smallest absolute Gasteiger partial charge is 0.330 e. The highest BCUT2D eigenvalue weighted by Gasteiger charge is 2.70. The summed E-state index contributed by atoms with van der Waals surface area (Å²) in [5.41, 5.74) is 0.364. The standard InChI is InChI=1S/C18H26O2/c1-3-4-16(19)20-10-18-14-6-5-12(8-14)17(18)13-7-11(2)15(18)9-13/h3-4,11-15,17H,5-10H2,1-2H3. The monoisotopic (exact) mass is 274 g/mol. The Bertz CT molecular complexity index is 454.